The topological polar surface area (TPSA) is 68.7 Å². The third-order valence-electron chi connectivity index (χ3n) is 12.5. The molecular weight excluding hydrogens is 729 g/mol. The van der Waals surface area contributed by atoms with E-state index >= 15 is 0 Å². The molecule has 0 amide bonds. The Morgan fingerprint density at radius 1 is 0.441 bits per heavy atom. The van der Waals surface area contributed by atoms with E-state index in [4.69, 9.17) is 9.47 Å². The van der Waals surface area contributed by atoms with E-state index in [0.29, 0.717) is 37.9 Å². The number of anilines is 1. The monoisotopic (exact) mass is 827 g/mol. The second kappa shape index (κ2) is 42.6. The summed E-state index contributed by atoms with van der Waals surface area (Å²) in [5.41, 5.74) is 1.26. The van der Waals surface area contributed by atoms with Crippen LogP contribution in [0.15, 0.2) is 24.5 Å². The fourth-order valence-electron chi connectivity index (χ4n) is 8.46. The van der Waals surface area contributed by atoms with Crippen LogP contribution in [0.2, 0.25) is 0 Å². The molecule has 0 spiro atoms. The second-order valence-electron chi connectivity index (χ2n) is 18.1. The van der Waals surface area contributed by atoms with Crippen molar-refractivity contribution in [2.45, 2.75) is 259 Å². The standard InChI is InChI=1S/C53H98N2O4/c1-5-9-13-17-21-29-37-49(35-27-15-11-7-3)47-58-52(56)39-31-23-19-25-33-45-55(51-41-43-54-44-42-51)46-34-26-20-24-32-40-53(57)59-48-50(36-28-16-12-8-4)38-30-22-18-14-10-6-2/h41-44,49-50H,5-40,45-48H2,1-4H3. The molecule has 0 N–H and O–H groups in total. The van der Waals surface area contributed by atoms with Crippen LogP contribution in [0.3, 0.4) is 0 Å². The molecule has 0 aliphatic rings. The maximum atomic E-state index is 12.6. The van der Waals surface area contributed by atoms with Gasteiger partial charge in [-0.2, -0.15) is 0 Å². The van der Waals surface area contributed by atoms with Crippen molar-refractivity contribution in [3.8, 4) is 0 Å². The van der Waals surface area contributed by atoms with Gasteiger partial charge in [-0.05, 0) is 75.3 Å². The van der Waals surface area contributed by atoms with E-state index in [1.54, 1.807) is 0 Å². The van der Waals surface area contributed by atoms with Crippen LogP contribution in [0.1, 0.15) is 259 Å². The molecule has 0 fully saturated rings. The summed E-state index contributed by atoms with van der Waals surface area (Å²) in [6.45, 7) is 12.4. The summed E-state index contributed by atoms with van der Waals surface area (Å²) >= 11 is 0. The molecule has 0 aliphatic carbocycles. The van der Waals surface area contributed by atoms with Gasteiger partial charge in [-0.15, -0.1) is 0 Å². The summed E-state index contributed by atoms with van der Waals surface area (Å²) in [4.78, 5) is 32.0. The maximum Gasteiger partial charge on any atom is 0.305 e. The second-order valence-corrected chi connectivity index (χ2v) is 18.1. The SMILES string of the molecule is CCCCCCCCC(CCCCCC)COC(=O)CCCCCCCN(CCCCCCCC(=O)OCC(CCCCCC)CCCCCCCC)c1ccncc1. The highest BCUT2D eigenvalue weighted by Crippen LogP contribution is 2.22. The van der Waals surface area contributed by atoms with Crippen LogP contribution >= 0.6 is 0 Å². The van der Waals surface area contributed by atoms with E-state index in [1.807, 2.05) is 12.4 Å². The highest BCUT2D eigenvalue weighted by atomic mass is 16.5. The number of ether oxygens (including phenoxy) is 2. The van der Waals surface area contributed by atoms with Crippen molar-refractivity contribution < 1.29 is 19.1 Å². The number of aromatic nitrogens is 1. The first-order valence-electron chi connectivity index (χ1n) is 26.0. The summed E-state index contributed by atoms with van der Waals surface area (Å²) in [5, 5.41) is 0. The van der Waals surface area contributed by atoms with E-state index in [2.05, 4.69) is 49.7 Å². The van der Waals surface area contributed by atoms with E-state index < -0.39 is 0 Å². The molecule has 344 valence electrons. The predicted molar refractivity (Wildman–Crippen MR) is 254 cm³/mol. The van der Waals surface area contributed by atoms with Gasteiger partial charge in [0.1, 0.15) is 0 Å². The maximum absolute atomic E-state index is 12.6. The molecule has 1 heterocycles. The molecule has 1 aromatic heterocycles. The lowest BCUT2D eigenvalue weighted by atomic mass is 9.95. The van der Waals surface area contributed by atoms with Crippen molar-refractivity contribution in [3.05, 3.63) is 24.5 Å². The van der Waals surface area contributed by atoms with Gasteiger partial charge in [0.15, 0.2) is 0 Å². The number of hydrogen-bond acceptors (Lipinski definition) is 6. The Balaban J connectivity index is 2.27. The van der Waals surface area contributed by atoms with E-state index in [-0.39, 0.29) is 11.9 Å². The van der Waals surface area contributed by atoms with Crippen LogP contribution in [0.25, 0.3) is 0 Å². The molecule has 6 heteroatoms. The molecule has 0 saturated carbocycles. The minimum Gasteiger partial charge on any atom is -0.465 e. The average molecular weight is 827 g/mol. The third-order valence-corrected chi connectivity index (χ3v) is 12.5. The minimum absolute atomic E-state index is 0.00558. The van der Waals surface area contributed by atoms with E-state index in [9.17, 15) is 9.59 Å². The zero-order valence-corrected chi connectivity index (χ0v) is 39.8. The number of rotatable bonds is 45. The number of carbonyl (C=O) groups is 2. The Morgan fingerprint density at radius 3 is 1.12 bits per heavy atom. The zero-order chi connectivity index (χ0) is 42.7. The fourth-order valence-corrected chi connectivity index (χ4v) is 8.46. The van der Waals surface area contributed by atoms with Gasteiger partial charge in [-0.3, -0.25) is 14.6 Å². The molecule has 2 unspecified atom stereocenters. The lowest BCUT2D eigenvalue weighted by Crippen LogP contribution is -2.25. The highest BCUT2D eigenvalue weighted by Gasteiger charge is 2.14. The van der Waals surface area contributed by atoms with Gasteiger partial charge >= 0.3 is 11.9 Å². The molecule has 6 nitrogen and oxygen atoms in total. The molecule has 0 bridgehead atoms. The molecule has 0 aromatic carbocycles. The number of nitrogens with zero attached hydrogens (tertiary/aromatic N) is 2. The summed E-state index contributed by atoms with van der Waals surface area (Å²) in [5.74, 6) is 1.08. The molecule has 0 saturated heterocycles. The first-order chi connectivity index (χ1) is 29.0. The predicted octanol–water partition coefficient (Wildman–Crippen LogP) is 16.3. The summed E-state index contributed by atoms with van der Waals surface area (Å²) in [6, 6.07) is 4.26. The Hall–Kier alpha value is -2.11. The van der Waals surface area contributed by atoms with Gasteiger partial charge in [0.05, 0.1) is 13.2 Å². The van der Waals surface area contributed by atoms with Gasteiger partial charge < -0.3 is 14.4 Å². The van der Waals surface area contributed by atoms with Crippen molar-refractivity contribution in [1.82, 2.24) is 4.98 Å². The van der Waals surface area contributed by atoms with Gasteiger partial charge in [0.2, 0.25) is 0 Å². The highest BCUT2D eigenvalue weighted by molar-refractivity contribution is 5.69. The van der Waals surface area contributed by atoms with Crippen LogP contribution in [-0.2, 0) is 19.1 Å². The summed E-state index contributed by atoms with van der Waals surface area (Å²) < 4.78 is 11.7. The van der Waals surface area contributed by atoms with Crippen LogP contribution in [0.5, 0.6) is 0 Å². The first kappa shape index (κ1) is 54.9. The number of hydrogen-bond donors (Lipinski definition) is 0. The van der Waals surface area contributed by atoms with Crippen LogP contribution in [0.4, 0.5) is 5.69 Å². The summed E-state index contributed by atoms with van der Waals surface area (Å²) in [6.07, 6.45) is 47.0. The zero-order valence-electron chi connectivity index (χ0n) is 39.8. The van der Waals surface area contributed by atoms with Crippen LogP contribution < -0.4 is 4.90 Å². The smallest absolute Gasteiger partial charge is 0.305 e. The average Bonchev–Trinajstić information content (AvgIpc) is 3.25. The van der Waals surface area contributed by atoms with Crippen molar-refractivity contribution in [3.63, 3.8) is 0 Å². The normalized spacial score (nSPS) is 12.4. The molecule has 59 heavy (non-hydrogen) atoms. The van der Waals surface area contributed by atoms with E-state index in [1.165, 1.54) is 173 Å². The number of esters is 2. The summed E-state index contributed by atoms with van der Waals surface area (Å²) in [7, 11) is 0. The molecule has 1 aromatic rings. The van der Waals surface area contributed by atoms with Crippen molar-refractivity contribution >= 4 is 17.6 Å². The lowest BCUT2D eigenvalue weighted by Gasteiger charge is -2.25. The lowest BCUT2D eigenvalue weighted by molar-refractivity contribution is -0.146. The molecule has 1 rings (SSSR count). The molecular formula is C53H98N2O4. The largest absolute Gasteiger partial charge is 0.465 e. The Bertz CT molecular complexity index is 974. The first-order valence-corrected chi connectivity index (χ1v) is 26.0. The van der Waals surface area contributed by atoms with Gasteiger partial charge in [0.25, 0.3) is 0 Å². The number of pyridine rings is 1. The molecule has 0 radical (unpaired) electrons. The molecule has 0 aliphatic heterocycles. The fraction of sp³-hybridized carbons (Fsp3) is 0.868. The third kappa shape index (κ3) is 35.2. The van der Waals surface area contributed by atoms with Gasteiger partial charge in [-0.25, -0.2) is 0 Å². The van der Waals surface area contributed by atoms with Crippen LogP contribution in [-0.4, -0.2) is 43.2 Å². The number of carbonyl (C=O) groups excluding carboxylic acids is 2. The van der Waals surface area contributed by atoms with Crippen molar-refractivity contribution in [2.75, 3.05) is 31.2 Å². The van der Waals surface area contributed by atoms with Crippen molar-refractivity contribution in [1.29, 1.82) is 0 Å². The molecule has 2 atom stereocenters. The van der Waals surface area contributed by atoms with Crippen molar-refractivity contribution in [2.24, 2.45) is 11.8 Å². The Kier molecular flexibility index (Phi) is 39.6. The van der Waals surface area contributed by atoms with Crippen LogP contribution in [0, 0.1) is 11.8 Å². The van der Waals surface area contributed by atoms with Gasteiger partial charge in [0, 0.05) is 44.0 Å². The Morgan fingerprint density at radius 2 is 0.746 bits per heavy atom. The number of unbranched alkanes of at least 4 members (excludes halogenated alkanes) is 24. The van der Waals surface area contributed by atoms with Gasteiger partial charge in [-0.1, -0.05) is 195 Å². The Labute approximate surface area is 366 Å². The quantitative estimate of drug-likeness (QED) is 0.0482. The van der Waals surface area contributed by atoms with E-state index in [0.717, 1.165) is 64.5 Å². The minimum atomic E-state index is 0.00558.